The van der Waals surface area contributed by atoms with E-state index in [0.29, 0.717) is 11.9 Å². The van der Waals surface area contributed by atoms with Gasteiger partial charge in [-0.15, -0.1) is 0 Å². The molecule has 102 valence electrons. The van der Waals surface area contributed by atoms with Gasteiger partial charge in [0.2, 0.25) is 0 Å². The Kier molecular flexibility index (Phi) is 3.94. The number of nitrogens with zero attached hydrogens (tertiary/aromatic N) is 4. The van der Waals surface area contributed by atoms with Crippen LogP contribution in [0.2, 0.25) is 0 Å². The molecule has 6 heteroatoms. The SMILES string of the molecule is CC(C)N1CCC(c2nc(C(F)F)n(C)n2)CC1. The summed E-state index contributed by atoms with van der Waals surface area (Å²) in [4.78, 5) is 6.38. The fourth-order valence-electron chi connectivity index (χ4n) is 2.45. The zero-order chi connectivity index (χ0) is 13.3. The van der Waals surface area contributed by atoms with Crippen molar-refractivity contribution in [2.24, 2.45) is 7.05 Å². The summed E-state index contributed by atoms with van der Waals surface area (Å²) in [6.07, 6.45) is -0.651. The molecule has 1 fully saturated rings. The second kappa shape index (κ2) is 5.30. The maximum absolute atomic E-state index is 12.6. The van der Waals surface area contributed by atoms with Gasteiger partial charge >= 0.3 is 0 Å². The second-order valence-electron chi connectivity index (χ2n) is 5.16. The molecular formula is C12H20F2N4. The normalized spacial score (nSPS) is 19.1. The van der Waals surface area contributed by atoms with E-state index in [-0.39, 0.29) is 11.7 Å². The molecule has 4 nitrogen and oxygen atoms in total. The summed E-state index contributed by atoms with van der Waals surface area (Å²) in [6, 6.07) is 0.541. The van der Waals surface area contributed by atoms with Crippen LogP contribution in [-0.2, 0) is 7.05 Å². The summed E-state index contributed by atoms with van der Waals surface area (Å²) in [5.74, 6) is 0.575. The maximum Gasteiger partial charge on any atom is 0.297 e. The highest BCUT2D eigenvalue weighted by Gasteiger charge is 2.26. The van der Waals surface area contributed by atoms with Crippen LogP contribution in [0, 0.1) is 0 Å². The van der Waals surface area contributed by atoms with Gasteiger partial charge in [-0.2, -0.15) is 5.10 Å². The van der Waals surface area contributed by atoms with Crippen molar-refractivity contribution in [3.8, 4) is 0 Å². The Morgan fingerprint density at radius 2 is 1.83 bits per heavy atom. The van der Waals surface area contributed by atoms with Crippen molar-refractivity contribution in [3.63, 3.8) is 0 Å². The maximum atomic E-state index is 12.6. The Morgan fingerprint density at radius 1 is 1.22 bits per heavy atom. The molecule has 1 saturated heterocycles. The number of halogens is 2. The van der Waals surface area contributed by atoms with Crippen LogP contribution in [0.3, 0.4) is 0 Å². The lowest BCUT2D eigenvalue weighted by atomic mass is 9.95. The number of aromatic nitrogens is 3. The Morgan fingerprint density at radius 3 is 2.28 bits per heavy atom. The number of hydrogen-bond donors (Lipinski definition) is 0. The van der Waals surface area contributed by atoms with Crippen LogP contribution in [0.25, 0.3) is 0 Å². The number of hydrogen-bond acceptors (Lipinski definition) is 3. The molecule has 1 aromatic rings. The molecule has 0 spiro atoms. The molecule has 0 bridgehead atoms. The summed E-state index contributed by atoms with van der Waals surface area (Å²) in [5.41, 5.74) is 0. The first kappa shape index (κ1) is 13.4. The van der Waals surface area contributed by atoms with Crippen molar-refractivity contribution in [1.82, 2.24) is 19.7 Å². The lowest BCUT2D eigenvalue weighted by Gasteiger charge is -2.33. The topological polar surface area (TPSA) is 34.0 Å². The quantitative estimate of drug-likeness (QED) is 0.834. The van der Waals surface area contributed by atoms with Crippen LogP contribution in [0.1, 0.15) is 50.7 Å². The molecule has 1 aliphatic rings. The van der Waals surface area contributed by atoms with Crippen LogP contribution in [0.4, 0.5) is 8.78 Å². The third-order valence-corrected chi connectivity index (χ3v) is 3.63. The molecule has 18 heavy (non-hydrogen) atoms. The number of alkyl halides is 2. The standard InChI is InChI=1S/C12H20F2N4/c1-8(2)18-6-4-9(5-7-18)11-15-12(10(13)14)17(3)16-11/h8-10H,4-7H2,1-3H3. The molecule has 2 heterocycles. The molecule has 0 aromatic carbocycles. The van der Waals surface area contributed by atoms with E-state index in [2.05, 4.69) is 28.8 Å². The van der Waals surface area contributed by atoms with Gasteiger partial charge in [0, 0.05) is 19.0 Å². The third kappa shape index (κ3) is 2.68. The molecule has 1 aliphatic heterocycles. The molecule has 0 atom stereocenters. The van der Waals surface area contributed by atoms with E-state index < -0.39 is 6.43 Å². The zero-order valence-corrected chi connectivity index (χ0v) is 11.1. The Bertz CT molecular complexity index is 395. The number of likely N-dealkylation sites (tertiary alicyclic amines) is 1. The van der Waals surface area contributed by atoms with Crippen LogP contribution in [-0.4, -0.2) is 38.8 Å². The number of aryl methyl sites for hydroxylation is 1. The summed E-state index contributed by atoms with van der Waals surface area (Å²) in [5, 5.41) is 4.13. The molecule has 0 radical (unpaired) electrons. The number of rotatable bonds is 3. The van der Waals surface area contributed by atoms with Gasteiger partial charge in [0.15, 0.2) is 11.6 Å². The van der Waals surface area contributed by atoms with Crippen molar-refractivity contribution in [2.45, 2.75) is 45.1 Å². The Labute approximate surface area is 106 Å². The zero-order valence-electron chi connectivity index (χ0n) is 11.1. The molecule has 2 rings (SSSR count). The van der Waals surface area contributed by atoms with Crippen LogP contribution >= 0.6 is 0 Å². The highest BCUT2D eigenvalue weighted by Crippen LogP contribution is 2.28. The average molecular weight is 258 g/mol. The van der Waals surface area contributed by atoms with Crippen molar-refractivity contribution in [3.05, 3.63) is 11.6 Å². The average Bonchev–Trinajstić information content (AvgIpc) is 2.71. The smallest absolute Gasteiger partial charge is 0.297 e. The van der Waals surface area contributed by atoms with E-state index >= 15 is 0 Å². The predicted molar refractivity (Wildman–Crippen MR) is 64.6 cm³/mol. The van der Waals surface area contributed by atoms with E-state index in [1.54, 1.807) is 0 Å². The van der Waals surface area contributed by atoms with E-state index in [9.17, 15) is 8.78 Å². The molecular weight excluding hydrogens is 238 g/mol. The van der Waals surface area contributed by atoms with Crippen molar-refractivity contribution in [2.75, 3.05) is 13.1 Å². The second-order valence-corrected chi connectivity index (χ2v) is 5.16. The highest BCUT2D eigenvalue weighted by atomic mass is 19.3. The van der Waals surface area contributed by atoms with Crippen molar-refractivity contribution in [1.29, 1.82) is 0 Å². The summed E-state index contributed by atoms with van der Waals surface area (Å²) < 4.78 is 26.5. The fourth-order valence-corrected chi connectivity index (χ4v) is 2.45. The van der Waals surface area contributed by atoms with E-state index in [0.717, 1.165) is 25.9 Å². The minimum Gasteiger partial charge on any atom is -0.301 e. The molecule has 0 unspecified atom stereocenters. The van der Waals surface area contributed by atoms with Gasteiger partial charge < -0.3 is 4.90 Å². The first-order valence-corrected chi connectivity index (χ1v) is 6.42. The van der Waals surface area contributed by atoms with Gasteiger partial charge in [-0.25, -0.2) is 18.4 Å². The Balaban J connectivity index is 2.03. The summed E-state index contributed by atoms with van der Waals surface area (Å²) in [6.45, 7) is 6.33. The van der Waals surface area contributed by atoms with E-state index in [1.807, 2.05) is 0 Å². The lowest BCUT2D eigenvalue weighted by molar-refractivity contribution is 0.135. The van der Waals surface area contributed by atoms with E-state index in [4.69, 9.17) is 0 Å². The molecule has 0 aliphatic carbocycles. The van der Waals surface area contributed by atoms with Crippen molar-refractivity contribution >= 4 is 0 Å². The minimum absolute atomic E-state index is 0.221. The number of piperidine rings is 1. The molecule has 1 aromatic heterocycles. The van der Waals surface area contributed by atoms with Crippen LogP contribution in [0.5, 0.6) is 0 Å². The third-order valence-electron chi connectivity index (χ3n) is 3.63. The highest BCUT2D eigenvalue weighted by molar-refractivity contribution is 5.02. The molecule has 0 saturated carbocycles. The van der Waals surface area contributed by atoms with Gasteiger partial charge in [0.25, 0.3) is 6.43 Å². The van der Waals surface area contributed by atoms with Crippen LogP contribution in [0.15, 0.2) is 0 Å². The van der Waals surface area contributed by atoms with Gasteiger partial charge in [-0.3, -0.25) is 0 Å². The Hall–Kier alpha value is -1.04. The first-order chi connectivity index (χ1) is 8.49. The molecule has 0 N–H and O–H groups in total. The van der Waals surface area contributed by atoms with Gasteiger partial charge in [0.1, 0.15) is 0 Å². The van der Waals surface area contributed by atoms with E-state index in [1.165, 1.54) is 11.7 Å². The summed E-state index contributed by atoms with van der Waals surface area (Å²) >= 11 is 0. The fraction of sp³-hybridized carbons (Fsp3) is 0.833. The monoisotopic (exact) mass is 258 g/mol. The first-order valence-electron chi connectivity index (χ1n) is 6.42. The largest absolute Gasteiger partial charge is 0.301 e. The lowest BCUT2D eigenvalue weighted by Crippen LogP contribution is -2.38. The van der Waals surface area contributed by atoms with Crippen molar-refractivity contribution < 1.29 is 8.78 Å². The van der Waals surface area contributed by atoms with Crippen LogP contribution < -0.4 is 0 Å². The summed E-state index contributed by atoms with van der Waals surface area (Å²) in [7, 11) is 1.53. The van der Waals surface area contributed by atoms with Gasteiger partial charge in [-0.05, 0) is 39.8 Å². The van der Waals surface area contributed by atoms with Gasteiger partial charge in [-0.1, -0.05) is 0 Å². The minimum atomic E-state index is -2.55. The molecule has 0 amide bonds. The van der Waals surface area contributed by atoms with Gasteiger partial charge in [0.05, 0.1) is 0 Å². The predicted octanol–water partition coefficient (Wildman–Crippen LogP) is 2.34.